The molecule has 1 aliphatic rings. The Morgan fingerprint density at radius 2 is 1.10 bits per heavy atom. The number of para-hydroxylation sites is 1. The Kier molecular flexibility index (Phi) is 7.10. The molecule has 0 saturated carbocycles. The van der Waals surface area contributed by atoms with E-state index in [2.05, 4.69) is 134 Å². The van der Waals surface area contributed by atoms with Gasteiger partial charge in [0.2, 0.25) is 0 Å². The minimum atomic E-state index is 0.0813. The number of hydrogen-bond acceptors (Lipinski definition) is 5. The van der Waals surface area contributed by atoms with E-state index in [-0.39, 0.29) is 11.8 Å². The summed E-state index contributed by atoms with van der Waals surface area (Å²) >= 11 is 0. The number of rotatable bonds is 5. The molecule has 0 bridgehead atoms. The van der Waals surface area contributed by atoms with Crippen molar-refractivity contribution in [3.05, 3.63) is 170 Å². The van der Waals surface area contributed by atoms with Crippen LogP contribution in [0.4, 0.5) is 0 Å². The van der Waals surface area contributed by atoms with Crippen LogP contribution in [0, 0.1) is 5.92 Å². The number of hydrogen-bond donors (Lipinski definition) is 0. The van der Waals surface area contributed by atoms with Crippen molar-refractivity contribution in [3.63, 3.8) is 0 Å². The average Bonchev–Trinajstić information content (AvgIpc) is 3.59. The van der Waals surface area contributed by atoms with Crippen molar-refractivity contribution < 1.29 is 4.42 Å². The lowest BCUT2D eigenvalue weighted by Crippen LogP contribution is -2.13. The molecule has 1 aliphatic carbocycles. The first-order chi connectivity index (χ1) is 25.7. The normalized spacial score (nSPS) is 15.6. The Morgan fingerprint density at radius 3 is 1.87 bits per heavy atom. The van der Waals surface area contributed by atoms with Crippen LogP contribution < -0.4 is 0 Å². The number of fused-ring (bicyclic) bond motifs is 7. The van der Waals surface area contributed by atoms with Gasteiger partial charge in [0.05, 0.1) is 11.2 Å². The van der Waals surface area contributed by atoms with E-state index < -0.39 is 0 Å². The summed E-state index contributed by atoms with van der Waals surface area (Å²) in [6.45, 7) is 2.20. The van der Waals surface area contributed by atoms with E-state index in [9.17, 15) is 0 Å². The van der Waals surface area contributed by atoms with Gasteiger partial charge in [-0.05, 0) is 47.4 Å². The predicted molar refractivity (Wildman–Crippen MR) is 212 cm³/mol. The second-order valence-corrected chi connectivity index (χ2v) is 13.5. The number of benzene rings is 6. The van der Waals surface area contributed by atoms with Crippen molar-refractivity contribution in [2.75, 3.05) is 0 Å². The smallest absolute Gasteiger partial charge is 0.163 e. The SMILES string of the molecule is CC1C=CC=CC1c1nc(-c2ccccc2)nc(-c2ccc(-c3ccc4oc5ccc6c(-c7ccccc7)nc7ccccc7c6c5c4c3)cc2)n1. The summed E-state index contributed by atoms with van der Waals surface area (Å²) in [5.74, 6) is 2.50. The fourth-order valence-electron chi connectivity index (χ4n) is 7.54. The first-order valence-corrected chi connectivity index (χ1v) is 17.7. The maximum Gasteiger partial charge on any atom is 0.163 e. The summed E-state index contributed by atoms with van der Waals surface area (Å²) in [6, 6.07) is 48.2. The third-order valence-corrected chi connectivity index (χ3v) is 10.2. The van der Waals surface area contributed by atoms with Gasteiger partial charge in [-0.15, -0.1) is 0 Å². The van der Waals surface area contributed by atoms with E-state index in [1.807, 2.05) is 36.4 Å². The Hall–Kier alpha value is -6.72. The molecule has 0 N–H and O–H groups in total. The van der Waals surface area contributed by atoms with Crippen molar-refractivity contribution in [1.29, 1.82) is 0 Å². The molecule has 2 unspecified atom stereocenters. The molecule has 0 radical (unpaired) electrons. The van der Waals surface area contributed by atoms with Gasteiger partial charge in [0.1, 0.15) is 17.0 Å². The van der Waals surface area contributed by atoms with Gasteiger partial charge in [0.15, 0.2) is 11.6 Å². The first-order valence-electron chi connectivity index (χ1n) is 17.7. The summed E-state index contributed by atoms with van der Waals surface area (Å²) in [7, 11) is 0. The molecule has 0 aliphatic heterocycles. The van der Waals surface area contributed by atoms with Crippen molar-refractivity contribution in [1.82, 2.24) is 19.9 Å². The fourth-order valence-corrected chi connectivity index (χ4v) is 7.54. The maximum atomic E-state index is 6.49. The molecule has 52 heavy (non-hydrogen) atoms. The number of nitrogens with zero attached hydrogens (tertiary/aromatic N) is 4. The van der Waals surface area contributed by atoms with Gasteiger partial charge in [-0.3, -0.25) is 0 Å². The van der Waals surface area contributed by atoms with E-state index >= 15 is 0 Å². The Morgan fingerprint density at radius 1 is 0.462 bits per heavy atom. The Labute approximate surface area is 300 Å². The standard InChI is InChI=1S/C47H32N4O/c1-29-12-8-9-17-35(29)47-50-45(32-15-6-3-7-16-32)49-46(51-47)33-22-20-30(21-23-33)34-24-26-40-38(28-34)43-41(52-40)27-25-37-42(43)36-18-10-11-19-39(36)48-44(37)31-13-4-2-5-14-31/h2-29,35H,1H3. The molecule has 2 atom stereocenters. The molecular weight excluding hydrogens is 637 g/mol. The van der Waals surface area contributed by atoms with E-state index in [4.69, 9.17) is 24.4 Å². The van der Waals surface area contributed by atoms with Crippen LogP contribution in [-0.2, 0) is 0 Å². The van der Waals surface area contributed by atoms with Crippen LogP contribution in [0.2, 0.25) is 0 Å². The third kappa shape index (κ3) is 5.09. The summed E-state index contributed by atoms with van der Waals surface area (Å²) in [4.78, 5) is 20.1. The van der Waals surface area contributed by atoms with E-state index in [0.717, 1.165) is 82.9 Å². The van der Waals surface area contributed by atoms with Crippen molar-refractivity contribution in [2.45, 2.75) is 12.8 Å². The number of furan rings is 1. The highest BCUT2D eigenvalue weighted by atomic mass is 16.3. The minimum Gasteiger partial charge on any atom is -0.456 e. The lowest BCUT2D eigenvalue weighted by atomic mass is 9.89. The molecule has 9 aromatic rings. The summed E-state index contributed by atoms with van der Waals surface area (Å²) in [5.41, 5.74) is 8.87. The zero-order chi connectivity index (χ0) is 34.6. The highest BCUT2D eigenvalue weighted by molar-refractivity contribution is 6.28. The molecule has 246 valence electrons. The van der Waals surface area contributed by atoms with E-state index in [0.29, 0.717) is 11.6 Å². The predicted octanol–water partition coefficient (Wildman–Crippen LogP) is 12.0. The highest BCUT2D eigenvalue weighted by Gasteiger charge is 2.22. The molecule has 0 fully saturated rings. The summed E-state index contributed by atoms with van der Waals surface area (Å²) in [5, 5.41) is 5.56. The first kappa shape index (κ1) is 30.1. The quantitative estimate of drug-likeness (QED) is 0.171. The number of pyridine rings is 1. The molecule has 3 aromatic heterocycles. The van der Waals surface area contributed by atoms with Crippen LogP contribution in [0.5, 0.6) is 0 Å². The second-order valence-electron chi connectivity index (χ2n) is 13.5. The van der Waals surface area contributed by atoms with Gasteiger partial charge in [-0.1, -0.05) is 140 Å². The largest absolute Gasteiger partial charge is 0.456 e. The van der Waals surface area contributed by atoms with Crippen LogP contribution in [0.1, 0.15) is 18.7 Å². The topological polar surface area (TPSA) is 64.7 Å². The molecule has 3 heterocycles. The summed E-state index contributed by atoms with van der Waals surface area (Å²) < 4.78 is 6.49. The van der Waals surface area contributed by atoms with Gasteiger partial charge in [-0.25, -0.2) is 19.9 Å². The molecule has 0 spiro atoms. The average molecular weight is 669 g/mol. The van der Waals surface area contributed by atoms with E-state index in [1.54, 1.807) is 0 Å². The minimum absolute atomic E-state index is 0.0813. The number of aromatic nitrogens is 4. The van der Waals surface area contributed by atoms with Gasteiger partial charge < -0.3 is 4.42 Å². The fraction of sp³-hybridized carbons (Fsp3) is 0.0638. The Bertz CT molecular complexity index is 2860. The van der Waals surface area contributed by atoms with Gasteiger partial charge in [0.25, 0.3) is 0 Å². The van der Waals surface area contributed by atoms with Crippen molar-refractivity contribution >= 4 is 43.6 Å². The third-order valence-electron chi connectivity index (χ3n) is 10.2. The van der Waals surface area contributed by atoms with E-state index in [1.165, 1.54) is 0 Å². The summed E-state index contributed by atoms with van der Waals surface area (Å²) in [6.07, 6.45) is 8.56. The van der Waals surface area contributed by atoms with Crippen LogP contribution >= 0.6 is 0 Å². The second kappa shape index (κ2) is 12.3. The molecule has 0 saturated heterocycles. The molecule has 0 amide bonds. The number of allylic oxidation sites excluding steroid dienone is 4. The van der Waals surface area contributed by atoms with Crippen LogP contribution in [-0.4, -0.2) is 19.9 Å². The molecule has 6 aromatic carbocycles. The molecule has 10 rings (SSSR count). The molecule has 5 heteroatoms. The van der Waals surface area contributed by atoms with Crippen molar-refractivity contribution in [3.8, 4) is 45.2 Å². The van der Waals surface area contributed by atoms with Crippen LogP contribution in [0.3, 0.4) is 0 Å². The van der Waals surface area contributed by atoms with Gasteiger partial charge in [-0.2, -0.15) is 0 Å². The van der Waals surface area contributed by atoms with Crippen LogP contribution in [0.15, 0.2) is 168 Å². The monoisotopic (exact) mass is 668 g/mol. The molecular formula is C47H32N4O. The van der Waals surface area contributed by atoms with Crippen LogP contribution in [0.25, 0.3) is 88.8 Å². The highest BCUT2D eigenvalue weighted by Crippen LogP contribution is 2.42. The zero-order valence-electron chi connectivity index (χ0n) is 28.4. The maximum absolute atomic E-state index is 6.49. The molecule has 5 nitrogen and oxygen atoms in total. The lowest BCUT2D eigenvalue weighted by molar-refractivity contribution is 0.600. The van der Waals surface area contributed by atoms with Crippen molar-refractivity contribution in [2.24, 2.45) is 5.92 Å². The zero-order valence-corrected chi connectivity index (χ0v) is 28.4. The van der Waals surface area contributed by atoms with Gasteiger partial charge in [0, 0.05) is 49.5 Å². The van der Waals surface area contributed by atoms with Gasteiger partial charge >= 0.3 is 0 Å². The lowest BCUT2D eigenvalue weighted by Gasteiger charge is -2.20. The Balaban J connectivity index is 1.10.